The highest BCUT2D eigenvalue weighted by atomic mass is 32.2. The van der Waals surface area contributed by atoms with Gasteiger partial charge in [0.25, 0.3) is 5.56 Å². The minimum Gasteiger partial charge on any atom is -0.497 e. The summed E-state index contributed by atoms with van der Waals surface area (Å²) in [5.74, 6) is 2.45. The van der Waals surface area contributed by atoms with E-state index < -0.39 is 0 Å². The summed E-state index contributed by atoms with van der Waals surface area (Å²) in [6.45, 7) is 4.55. The van der Waals surface area contributed by atoms with Crippen LogP contribution >= 0.6 is 11.8 Å². The maximum Gasteiger partial charge on any atom is 0.251 e. The molecule has 1 N–H and O–H groups in total. The van der Waals surface area contributed by atoms with Crippen LogP contribution in [0, 0.1) is 0 Å². The molecule has 0 unspecified atom stereocenters. The molecule has 0 spiro atoms. The van der Waals surface area contributed by atoms with E-state index in [-0.39, 0.29) is 11.5 Å². The minimum absolute atomic E-state index is 0.116. The Bertz CT molecular complexity index is 670. The zero-order chi connectivity index (χ0) is 15.9. The highest BCUT2D eigenvalue weighted by molar-refractivity contribution is 7.99. The normalized spacial score (nSPS) is 10.7. The number of methoxy groups -OCH3 is 1. The highest BCUT2D eigenvalue weighted by Gasteiger charge is 2.06. The number of aromatic nitrogens is 2. The Morgan fingerprint density at radius 1 is 1.27 bits per heavy atom. The molecule has 0 saturated heterocycles. The quantitative estimate of drug-likeness (QED) is 0.482. The summed E-state index contributed by atoms with van der Waals surface area (Å²) < 4.78 is 10.8. The van der Waals surface area contributed by atoms with Crippen molar-refractivity contribution in [2.24, 2.45) is 0 Å². The Labute approximate surface area is 134 Å². The Morgan fingerprint density at radius 3 is 2.77 bits per heavy atom. The van der Waals surface area contributed by atoms with E-state index in [0.29, 0.717) is 17.5 Å². The zero-order valence-electron chi connectivity index (χ0n) is 13.0. The van der Waals surface area contributed by atoms with Crippen molar-refractivity contribution in [3.8, 4) is 11.5 Å². The number of nitrogens with zero attached hydrogens (tertiary/aromatic N) is 1. The van der Waals surface area contributed by atoms with Gasteiger partial charge in [-0.1, -0.05) is 31.7 Å². The molecule has 0 aliphatic heterocycles. The maximum atomic E-state index is 11.6. The molecule has 6 heteroatoms. The highest BCUT2D eigenvalue weighted by Crippen LogP contribution is 2.20. The molecule has 1 aromatic carbocycles. The first-order chi connectivity index (χ1) is 10.6. The first-order valence-electron chi connectivity index (χ1n) is 7.09. The van der Waals surface area contributed by atoms with Gasteiger partial charge in [0.2, 0.25) is 0 Å². The van der Waals surface area contributed by atoms with Crippen molar-refractivity contribution in [3.63, 3.8) is 0 Å². The number of thioether (sulfide) groups is 1. The van der Waals surface area contributed by atoms with Gasteiger partial charge in [-0.15, -0.1) is 0 Å². The molecule has 0 aliphatic carbocycles. The van der Waals surface area contributed by atoms with Crippen molar-refractivity contribution in [3.05, 3.63) is 46.4 Å². The lowest BCUT2D eigenvalue weighted by Gasteiger charge is -2.08. The maximum absolute atomic E-state index is 11.6. The molecular formula is C16H20N2O3S. The number of nitrogens with one attached hydrogen (secondary N) is 1. The number of ether oxygens (including phenoxy) is 2. The van der Waals surface area contributed by atoms with Gasteiger partial charge in [-0.05, 0) is 18.1 Å². The van der Waals surface area contributed by atoms with E-state index in [4.69, 9.17) is 9.47 Å². The van der Waals surface area contributed by atoms with Crippen molar-refractivity contribution < 1.29 is 9.47 Å². The summed E-state index contributed by atoms with van der Waals surface area (Å²) >= 11 is 1.47. The largest absolute Gasteiger partial charge is 0.497 e. The van der Waals surface area contributed by atoms with Gasteiger partial charge in [0.15, 0.2) is 5.16 Å². The van der Waals surface area contributed by atoms with Crippen LogP contribution in [-0.4, -0.2) is 29.4 Å². The standard InChI is InChI=1S/C16H20N2O3S/c1-11(2)14-10-15(19)18-16(17-14)22-8-7-21-13-6-4-5-12(9-13)20-3/h4-6,9-11H,7-8H2,1-3H3,(H,17,18,19). The predicted octanol–water partition coefficient (Wildman–Crippen LogP) is 3.07. The number of benzene rings is 1. The molecule has 2 aromatic rings. The summed E-state index contributed by atoms with van der Waals surface area (Å²) in [5, 5.41) is 0.630. The summed E-state index contributed by atoms with van der Waals surface area (Å²) in [5.41, 5.74) is 0.690. The lowest BCUT2D eigenvalue weighted by Crippen LogP contribution is -2.11. The van der Waals surface area contributed by atoms with E-state index >= 15 is 0 Å². The monoisotopic (exact) mass is 320 g/mol. The predicted molar refractivity (Wildman–Crippen MR) is 88.2 cm³/mol. The van der Waals surface area contributed by atoms with E-state index in [1.54, 1.807) is 13.2 Å². The van der Waals surface area contributed by atoms with Gasteiger partial charge in [-0.3, -0.25) is 4.79 Å². The average Bonchev–Trinajstić information content (AvgIpc) is 2.51. The third-order valence-electron chi connectivity index (χ3n) is 2.96. The second kappa shape index (κ2) is 7.89. The fourth-order valence-corrected chi connectivity index (χ4v) is 2.51. The van der Waals surface area contributed by atoms with Gasteiger partial charge >= 0.3 is 0 Å². The molecule has 0 radical (unpaired) electrons. The molecule has 1 heterocycles. The lowest BCUT2D eigenvalue weighted by molar-refractivity contribution is 0.339. The smallest absolute Gasteiger partial charge is 0.251 e. The lowest BCUT2D eigenvalue weighted by atomic mass is 10.1. The molecular weight excluding hydrogens is 300 g/mol. The number of rotatable bonds is 7. The second-order valence-electron chi connectivity index (χ2n) is 5.01. The van der Waals surface area contributed by atoms with E-state index in [0.717, 1.165) is 17.2 Å². The molecule has 0 amide bonds. The van der Waals surface area contributed by atoms with Crippen LogP contribution in [0.4, 0.5) is 0 Å². The van der Waals surface area contributed by atoms with Crippen LogP contribution < -0.4 is 15.0 Å². The van der Waals surface area contributed by atoms with Crippen LogP contribution in [0.1, 0.15) is 25.5 Å². The summed E-state index contributed by atoms with van der Waals surface area (Å²) in [7, 11) is 1.62. The van der Waals surface area contributed by atoms with E-state index in [2.05, 4.69) is 9.97 Å². The van der Waals surface area contributed by atoms with Gasteiger partial charge in [0.05, 0.1) is 19.4 Å². The van der Waals surface area contributed by atoms with E-state index in [9.17, 15) is 4.79 Å². The van der Waals surface area contributed by atoms with Gasteiger partial charge in [-0.25, -0.2) is 4.98 Å². The van der Waals surface area contributed by atoms with Crippen LogP contribution in [0.2, 0.25) is 0 Å². The molecule has 0 atom stereocenters. The molecule has 1 aromatic heterocycles. The number of H-pyrrole nitrogens is 1. The SMILES string of the molecule is COc1cccc(OCCSc2nc(C(C)C)cc(=O)[nH]2)c1. The molecule has 0 saturated carbocycles. The Balaban J connectivity index is 1.87. The van der Waals surface area contributed by atoms with Crippen LogP contribution in [0.25, 0.3) is 0 Å². The zero-order valence-corrected chi connectivity index (χ0v) is 13.8. The van der Waals surface area contributed by atoms with Gasteiger partial charge < -0.3 is 14.5 Å². The summed E-state index contributed by atoms with van der Waals surface area (Å²) in [6.07, 6.45) is 0. The third-order valence-corrected chi connectivity index (χ3v) is 3.80. The van der Waals surface area contributed by atoms with Crippen LogP contribution in [0.5, 0.6) is 11.5 Å². The molecule has 5 nitrogen and oxygen atoms in total. The number of hydrogen-bond donors (Lipinski definition) is 1. The van der Waals surface area contributed by atoms with Gasteiger partial charge in [0, 0.05) is 17.9 Å². The van der Waals surface area contributed by atoms with Crippen molar-refractivity contribution >= 4 is 11.8 Å². The molecule has 0 fully saturated rings. The topological polar surface area (TPSA) is 64.2 Å². The number of hydrogen-bond acceptors (Lipinski definition) is 5. The molecule has 2 rings (SSSR count). The fourth-order valence-electron chi connectivity index (χ4n) is 1.81. The van der Waals surface area contributed by atoms with Crippen molar-refractivity contribution in [1.29, 1.82) is 0 Å². The summed E-state index contributed by atoms with van der Waals surface area (Å²) in [4.78, 5) is 18.8. The summed E-state index contributed by atoms with van der Waals surface area (Å²) in [6, 6.07) is 9.01. The molecule has 118 valence electrons. The molecule has 0 bridgehead atoms. The van der Waals surface area contributed by atoms with Crippen LogP contribution in [-0.2, 0) is 0 Å². The number of aromatic amines is 1. The molecule has 22 heavy (non-hydrogen) atoms. The third kappa shape index (κ3) is 4.80. The molecule has 0 aliphatic rings. The van der Waals surface area contributed by atoms with Crippen molar-refractivity contribution in [2.45, 2.75) is 24.9 Å². The minimum atomic E-state index is -0.116. The van der Waals surface area contributed by atoms with E-state index in [1.807, 2.05) is 38.1 Å². The average molecular weight is 320 g/mol. The first kappa shape index (κ1) is 16.4. The Hall–Kier alpha value is -1.95. The van der Waals surface area contributed by atoms with Crippen LogP contribution in [0.15, 0.2) is 40.3 Å². The van der Waals surface area contributed by atoms with Gasteiger partial charge in [-0.2, -0.15) is 0 Å². The van der Waals surface area contributed by atoms with Crippen molar-refractivity contribution in [2.75, 3.05) is 19.5 Å². The Morgan fingerprint density at radius 2 is 2.05 bits per heavy atom. The fraction of sp³-hybridized carbons (Fsp3) is 0.375. The van der Waals surface area contributed by atoms with E-state index in [1.165, 1.54) is 11.8 Å². The Kier molecular flexibility index (Phi) is 5.89. The van der Waals surface area contributed by atoms with Crippen LogP contribution in [0.3, 0.4) is 0 Å². The first-order valence-corrected chi connectivity index (χ1v) is 8.08. The van der Waals surface area contributed by atoms with Crippen molar-refractivity contribution in [1.82, 2.24) is 9.97 Å². The van der Waals surface area contributed by atoms with Gasteiger partial charge in [0.1, 0.15) is 11.5 Å². The second-order valence-corrected chi connectivity index (χ2v) is 6.09.